The molecule has 1 aromatic heterocycles. The Hall–Kier alpha value is -1.75. The fraction of sp³-hybridized carbons (Fsp3) is 0.250. The van der Waals surface area contributed by atoms with Gasteiger partial charge < -0.3 is 5.32 Å². The Morgan fingerprint density at radius 1 is 1.18 bits per heavy atom. The van der Waals surface area contributed by atoms with Gasteiger partial charge in [-0.2, -0.15) is 5.10 Å². The summed E-state index contributed by atoms with van der Waals surface area (Å²) in [5, 5.41) is 9.98. The molecule has 2 aromatic rings. The van der Waals surface area contributed by atoms with E-state index in [1.54, 1.807) is 6.07 Å². The molecule has 0 aliphatic rings. The van der Waals surface area contributed by atoms with Crippen LogP contribution in [-0.4, -0.2) is 16.7 Å². The SMILES string of the molecule is CCNCc1cc(-c2cc(F)cc(F)c2)n[nH]1. The minimum atomic E-state index is -0.601. The topological polar surface area (TPSA) is 40.7 Å². The Morgan fingerprint density at radius 2 is 1.88 bits per heavy atom. The van der Waals surface area contributed by atoms with Crippen LogP contribution < -0.4 is 5.32 Å². The monoisotopic (exact) mass is 237 g/mol. The van der Waals surface area contributed by atoms with Crippen molar-refractivity contribution in [3.63, 3.8) is 0 Å². The largest absolute Gasteiger partial charge is 0.311 e. The molecule has 0 saturated carbocycles. The molecule has 0 radical (unpaired) electrons. The molecular weight excluding hydrogens is 224 g/mol. The van der Waals surface area contributed by atoms with Gasteiger partial charge in [0.05, 0.1) is 5.69 Å². The van der Waals surface area contributed by atoms with E-state index in [-0.39, 0.29) is 0 Å². The number of aromatic nitrogens is 2. The number of halogens is 2. The van der Waals surface area contributed by atoms with Gasteiger partial charge in [0.2, 0.25) is 0 Å². The molecule has 0 aliphatic carbocycles. The first-order valence-corrected chi connectivity index (χ1v) is 5.40. The van der Waals surface area contributed by atoms with Gasteiger partial charge >= 0.3 is 0 Å². The molecule has 0 saturated heterocycles. The summed E-state index contributed by atoms with van der Waals surface area (Å²) >= 11 is 0. The van der Waals surface area contributed by atoms with Gasteiger partial charge in [0, 0.05) is 23.9 Å². The molecule has 0 atom stereocenters. The minimum Gasteiger partial charge on any atom is -0.311 e. The molecule has 17 heavy (non-hydrogen) atoms. The van der Waals surface area contributed by atoms with E-state index in [0.29, 0.717) is 17.8 Å². The van der Waals surface area contributed by atoms with Crippen molar-refractivity contribution in [1.82, 2.24) is 15.5 Å². The molecule has 0 amide bonds. The number of hydrogen-bond donors (Lipinski definition) is 2. The zero-order chi connectivity index (χ0) is 12.3. The van der Waals surface area contributed by atoms with Crippen molar-refractivity contribution in [2.24, 2.45) is 0 Å². The summed E-state index contributed by atoms with van der Waals surface area (Å²) < 4.78 is 26.1. The van der Waals surface area contributed by atoms with Crippen LogP contribution in [0.2, 0.25) is 0 Å². The first-order chi connectivity index (χ1) is 8.19. The van der Waals surface area contributed by atoms with E-state index in [0.717, 1.165) is 18.3 Å². The van der Waals surface area contributed by atoms with Crippen LogP contribution in [0.5, 0.6) is 0 Å². The van der Waals surface area contributed by atoms with E-state index in [1.807, 2.05) is 6.92 Å². The molecule has 0 spiro atoms. The van der Waals surface area contributed by atoms with Crippen molar-refractivity contribution in [1.29, 1.82) is 0 Å². The van der Waals surface area contributed by atoms with Crippen LogP contribution in [0, 0.1) is 11.6 Å². The summed E-state index contributed by atoms with van der Waals surface area (Å²) in [6.07, 6.45) is 0. The molecule has 2 rings (SSSR count). The van der Waals surface area contributed by atoms with Crippen molar-refractivity contribution in [3.05, 3.63) is 41.6 Å². The number of benzene rings is 1. The van der Waals surface area contributed by atoms with E-state index >= 15 is 0 Å². The Balaban J connectivity index is 2.24. The maximum Gasteiger partial charge on any atom is 0.126 e. The van der Waals surface area contributed by atoms with E-state index in [2.05, 4.69) is 15.5 Å². The maximum absolute atomic E-state index is 13.0. The summed E-state index contributed by atoms with van der Waals surface area (Å²) in [6.45, 7) is 3.50. The Morgan fingerprint density at radius 3 is 2.53 bits per heavy atom. The van der Waals surface area contributed by atoms with Crippen LogP contribution in [0.25, 0.3) is 11.3 Å². The molecule has 0 bridgehead atoms. The van der Waals surface area contributed by atoms with Gasteiger partial charge in [-0.25, -0.2) is 8.78 Å². The van der Waals surface area contributed by atoms with Crippen molar-refractivity contribution in [2.45, 2.75) is 13.5 Å². The molecule has 90 valence electrons. The zero-order valence-electron chi connectivity index (χ0n) is 9.43. The van der Waals surface area contributed by atoms with Gasteiger partial charge in [-0.3, -0.25) is 5.10 Å². The van der Waals surface area contributed by atoms with Crippen molar-refractivity contribution in [2.75, 3.05) is 6.54 Å². The number of hydrogen-bond acceptors (Lipinski definition) is 2. The predicted molar refractivity (Wildman–Crippen MR) is 61.3 cm³/mol. The van der Waals surface area contributed by atoms with Gasteiger partial charge in [0.1, 0.15) is 11.6 Å². The van der Waals surface area contributed by atoms with Crippen molar-refractivity contribution < 1.29 is 8.78 Å². The lowest BCUT2D eigenvalue weighted by molar-refractivity contribution is 0.584. The Labute approximate surface area is 97.9 Å². The molecule has 0 unspecified atom stereocenters. The zero-order valence-corrected chi connectivity index (χ0v) is 9.43. The highest BCUT2D eigenvalue weighted by atomic mass is 19.1. The maximum atomic E-state index is 13.0. The summed E-state index contributed by atoms with van der Waals surface area (Å²) in [7, 11) is 0. The lowest BCUT2D eigenvalue weighted by Crippen LogP contribution is -2.11. The van der Waals surface area contributed by atoms with E-state index in [1.165, 1.54) is 12.1 Å². The number of nitrogens with one attached hydrogen (secondary N) is 2. The summed E-state index contributed by atoms with van der Waals surface area (Å²) in [6, 6.07) is 5.14. The van der Waals surface area contributed by atoms with Gasteiger partial charge in [-0.05, 0) is 24.7 Å². The fourth-order valence-corrected chi connectivity index (χ4v) is 1.56. The normalized spacial score (nSPS) is 10.8. The van der Waals surface area contributed by atoms with Gasteiger partial charge in [-0.15, -0.1) is 0 Å². The quantitative estimate of drug-likeness (QED) is 0.857. The van der Waals surface area contributed by atoms with Gasteiger partial charge in [-0.1, -0.05) is 6.92 Å². The standard InChI is InChI=1S/C12H13F2N3/c1-2-15-7-11-6-12(17-16-11)8-3-9(13)5-10(14)4-8/h3-6,15H,2,7H2,1H3,(H,16,17). The lowest BCUT2D eigenvalue weighted by atomic mass is 10.1. The van der Waals surface area contributed by atoms with Crippen LogP contribution in [0.1, 0.15) is 12.6 Å². The fourth-order valence-electron chi connectivity index (χ4n) is 1.56. The van der Waals surface area contributed by atoms with Crippen molar-refractivity contribution in [3.8, 4) is 11.3 Å². The summed E-state index contributed by atoms with van der Waals surface area (Å²) in [5.41, 5.74) is 1.85. The average molecular weight is 237 g/mol. The molecule has 0 aliphatic heterocycles. The third-order valence-electron chi connectivity index (χ3n) is 2.35. The molecule has 0 fully saturated rings. The molecular formula is C12H13F2N3. The number of H-pyrrole nitrogens is 1. The third kappa shape index (κ3) is 2.88. The second-order valence-corrected chi connectivity index (χ2v) is 3.72. The molecule has 1 heterocycles. The summed E-state index contributed by atoms with van der Waals surface area (Å²) in [5.74, 6) is -1.20. The number of aromatic amines is 1. The highest BCUT2D eigenvalue weighted by molar-refractivity contribution is 5.59. The lowest BCUT2D eigenvalue weighted by Gasteiger charge is -1.97. The van der Waals surface area contributed by atoms with Gasteiger partial charge in [0.25, 0.3) is 0 Å². The van der Waals surface area contributed by atoms with Gasteiger partial charge in [0.15, 0.2) is 0 Å². The molecule has 3 nitrogen and oxygen atoms in total. The Kier molecular flexibility index (Phi) is 3.49. The minimum absolute atomic E-state index is 0.432. The predicted octanol–water partition coefficient (Wildman–Crippen LogP) is 2.46. The molecule has 1 aromatic carbocycles. The first-order valence-electron chi connectivity index (χ1n) is 5.40. The smallest absolute Gasteiger partial charge is 0.126 e. The van der Waals surface area contributed by atoms with E-state index < -0.39 is 11.6 Å². The van der Waals surface area contributed by atoms with Crippen LogP contribution in [0.3, 0.4) is 0 Å². The number of nitrogens with zero attached hydrogens (tertiary/aromatic N) is 1. The highest BCUT2D eigenvalue weighted by Crippen LogP contribution is 2.20. The number of rotatable bonds is 4. The first kappa shape index (κ1) is 11.7. The van der Waals surface area contributed by atoms with Crippen molar-refractivity contribution >= 4 is 0 Å². The van der Waals surface area contributed by atoms with E-state index in [9.17, 15) is 8.78 Å². The highest BCUT2D eigenvalue weighted by Gasteiger charge is 2.07. The second kappa shape index (κ2) is 5.05. The Bertz CT molecular complexity index is 488. The van der Waals surface area contributed by atoms with Crippen LogP contribution in [-0.2, 0) is 6.54 Å². The summed E-state index contributed by atoms with van der Waals surface area (Å²) in [4.78, 5) is 0. The van der Waals surface area contributed by atoms with Crippen LogP contribution >= 0.6 is 0 Å². The average Bonchev–Trinajstić information content (AvgIpc) is 2.73. The van der Waals surface area contributed by atoms with Crippen LogP contribution in [0.4, 0.5) is 8.78 Å². The second-order valence-electron chi connectivity index (χ2n) is 3.72. The molecule has 5 heteroatoms. The molecule has 2 N–H and O–H groups in total. The van der Waals surface area contributed by atoms with E-state index in [4.69, 9.17) is 0 Å². The third-order valence-corrected chi connectivity index (χ3v) is 2.35. The van der Waals surface area contributed by atoms with Crippen LogP contribution in [0.15, 0.2) is 24.3 Å².